The molecule has 0 bridgehead atoms. The molecule has 0 fully saturated rings. The molecule has 0 amide bonds. The lowest BCUT2D eigenvalue weighted by Crippen LogP contribution is -2.32. The Hall–Kier alpha value is -2.51. The third-order valence-electron chi connectivity index (χ3n) is 4.38. The Labute approximate surface area is 140 Å². The van der Waals surface area contributed by atoms with Crippen molar-refractivity contribution in [2.75, 3.05) is 5.32 Å². The van der Waals surface area contributed by atoms with Gasteiger partial charge in [0.25, 0.3) is 5.78 Å². The maximum atomic E-state index is 4.58. The summed E-state index contributed by atoms with van der Waals surface area (Å²) in [4.78, 5) is 13.4. The summed E-state index contributed by atoms with van der Waals surface area (Å²) in [6, 6.07) is 2.38. The first-order valence-corrected chi connectivity index (χ1v) is 8.65. The summed E-state index contributed by atoms with van der Waals surface area (Å²) in [6.07, 6.45) is 6.40. The van der Waals surface area contributed by atoms with Gasteiger partial charge in [-0.1, -0.05) is 20.3 Å². The van der Waals surface area contributed by atoms with Crippen LogP contribution in [0.2, 0.25) is 0 Å². The highest BCUT2D eigenvalue weighted by molar-refractivity contribution is 5.45. The Kier molecular flexibility index (Phi) is 3.87. The summed E-state index contributed by atoms with van der Waals surface area (Å²) < 4.78 is 3.81. The molecule has 24 heavy (non-hydrogen) atoms. The minimum absolute atomic E-state index is 0.299. The molecule has 8 nitrogen and oxygen atoms in total. The summed E-state index contributed by atoms with van der Waals surface area (Å²) in [5.41, 5.74) is 1.05. The molecule has 0 saturated heterocycles. The summed E-state index contributed by atoms with van der Waals surface area (Å²) in [5, 5.41) is 12.5. The molecule has 3 aromatic rings. The predicted molar refractivity (Wildman–Crippen MR) is 89.9 cm³/mol. The van der Waals surface area contributed by atoms with E-state index in [0.29, 0.717) is 11.8 Å². The van der Waals surface area contributed by atoms with Crippen LogP contribution in [0.4, 0.5) is 5.82 Å². The highest BCUT2D eigenvalue weighted by atomic mass is 15.4. The molecule has 4 rings (SSSR count). The van der Waals surface area contributed by atoms with Crippen molar-refractivity contribution in [3.63, 3.8) is 0 Å². The van der Waals surface area contributed by atoms with Crippen LogP contribution in [0, 0.1) is 0 Å². The molecule has 126 valence electrons. The molecular formula is C16H22N8. The van der Waals surface area contributed by atoms with E-state index in [1.807, 2.05) is 4.68 Å². The third-order valence-corrected chi connectivity index (χ3v) is 4.38. The van der Waals surface area contributed by atoms with E-state index in [0.717, 1.165) is 61.8 Å². The van der Waals surface area contributed by atoms with Gasteiger partial charge in [0, 0.05) is 30.6 Å². The number of anilines is 1. The Bertz CT molecular complexity index is 849. The highest BCUT2D eigenvalue weighted by Crippen LogP contribution is 2.19. The number of fused-ring (bicyclic) bond motifs is 2. The number of hydrogen-bond acceptors (Lipinski definition) is 6. The standard InChI is InChI=1S/C16H22N8/c1-3-5-11-8-15(24-16(20-11)17-10-18-24)19-12-6-7-14-21-13(4-2)22-23(14)9-12/h8,10,12,19H,3-7,9H2,1-2H3/t12-/m0/s1. The number of aromatic nitrogens is 7. The van der Waals surface area contributed by atoms with E-state index in [4.69, 9.17) is 0 Å². The van der Waals surface area contributed by atoms with Crippen LogP contribution in [0.5, 0.6) is 0 Å². The van der Waals surface area contributed by atoms with Gasteiger partial charge in [-0.15, -0.1) is 0 Å². The van der Waals surface area contributed by atoms with Gasteiger partial charge in [-0.05, 0) is 12.8 Å². The molecule has 0 aliphatic carbocycles. The van der Waals surface area contributed by atoms with Crippen molar-refractivity contribution < 1.29 is 0 Å². The number of nitrogens with one attached hydrogen (secondary N) is 1. The highest BCUT2D eigenvalue weighted by Gasteiger charge is 2.22. The number of aryl methyl sites for hydroxylation is 3. The number of rotatable bonds is 5. The van der Waals surface area contributed by atoms with Gasteiger partial charge in [-0.25, -0.2) is 14.6 Å². The van der Waals surface area contributed by atoms with E-state index in [1.54, 1.807) is 10.8 Å². The van der Waals surface area contributed by atoms with E-state index < -0.39 is 0 Å². The van der Waals surface area contributed by atoms with E-state index in [2.05, 4.69) is 50.4 Å². The van der Waals surface area contributed by atoms with Crippen molar-refractivity contribution in [3.8, 4) is 0 Å². The maximum Gasteiger partial charge on any atom is 0.254 e. The summed E-state index contributed by atoms with van der Waals surface area (Å²) in [5.74, 6) is 3.62. The molecule has 3 aromatic heterocycles. The molecule has 0 saturated carbocycles. The van der Waals surface area contributed by atoms with Crippen LogP contribution < -0.4 is 5.32 Å². The summed E-state index contributed by atoms with van der Waals surface area (Å²) in [6.45, 7) is 5.07. The minimum atomic E-state index is 0.299. The zero-order valence-electron chi connectivity index (χ0n) is 14.1. The second-order valence-electron chi connectivity index (χ2n) is 6.21. The van der Waals surface area contributed by atoms with Crippen LogP contribution in [0.1, 0.15) is 44.0 Å². The largest absolute Gasteiger partial charge is 0.365 e. The normalized spacial score (nSPS) is 17.2. The molecule has 8 heteroatoms. The van der Waals surface area contributed by atoms with Crippen LogP contribution in [-0.4, -0.2) is 40.4 Å². The van der Waals surface area contributed by atoms with Crippen LogP contribution in [0.3, 0.4) is 0 Å². The fourth-order valence-corrected chi connectivity index (χ4v) is 3.19. The van der Waals surface area contributed by atoms with Crippen molar-refractivity contribution in [2.24, 2.45) is 0 Å². The van der Waals surface area contributed by atoms with E-state index in [1.165, 1.54) is 0 Å². The van der Waals surface area contributed by atoms with Crippen LogP contribution in [0.25, 0.3) is 5.78 Å². The molecule has 0 spiro atoms. The zero-order valence-corrected chi connectivity index (χ0v) is 14.1. The summed E-state index contributed by atoms with van der Waals surface area (Å²) in [7, 11) is 0. The summed E-state index contributed by atoms with van der Waals surface area (Å²) >= 11 is 0. The third kappa shape index (κ3) is 2.72. The average molecular weight is 326 g/mol. The molecule has 0 aromatic carbocycles. The van der Waals surface area contributed by atoms with Gasteiger partial charge in [-0.3, -0.25) is 0 Å². The first-order valence-electron chi connectivity index (χ1n) is 8.65. The fourth-order valence-electron chi connectivity index (χ4n) is 3.19. The Morgan fingerprint density at radius 3 is 3.04 bits per heavy atom. The van der Waals surface area contributed by atoms with Gasteiger partial charge in [0.1, 0.15) is 18.0 Å². The first kappa shape index (κ1) is 15.0. The van der Waals surface area contributed by atoms with Gasteiger partial charge in [0.15, 0.2) is 5.82 Å². The van der Waals surface area contributed by atoms with Crippen molar-refractivity contribution in [1.82, 2.24) is 34.3 Å². The van der Waals surface area contributed by atoms with Gasteiger partial charge >= 0.3 is 0 Å². The molecule has 4 heterocycles. The molecule has 0 radical (unpaired) electrons. The van der Waals surface area contributed by atoms with Gasteiger partial charge in [0.05, 0.1) is 6.54 Å². The predicted octanol–water partition coefficient (Wildman–Crippen LogP) is 1.66. The molecule has 1 N–H and O–H groups in total. The SMILES string of the molecule is CCCc1cc(N[C@H]2CCc3nc(CC)nn3C2)n2ncnc2n1. The monoisotopic (exact) mass is 326 g/mol. The second kappa shape index (κ2) is 6.18. The molecular weight excluding hydrogens is 304 g/mol. The first-order chi connectivity index (χ1) is 11.8. The van der Waals surface area contributed by atoms with Crippen molar-refractivity contribution in [3.05, 3.63) is 29.7 Å². The second-order valence-corrected chi connectivity index (χ2v) is 6.21. The number of hydrogen-bond donors (Lipinski definition) is 1. The lowest BCUT2D eigenvalue weighted by molar-refractivity contribution is 0.439. The molecule has 0 unspecified atom stereocenters. The number of nitrogens with zero attached hydrogens (tertiary/aromatic N) is 7. The maximum absolute atomic E-state index is 4.58. The van der Waals surface area contributed by atoms with Crippen LogP contribution in [0.15, 0.2) is 12.4 Å². The van der Waals surface area contributed by atoms with Crippen LogP contribution in [-0.2, 0) is 25.8 Å². The average Bonchev–Trinajstić information content (AvgIpc) is 3.20. The minimum Gasteiger partial charge on any atom is -0.365 e. The zero-order chi connectivity index (χ0) is 16.5. The van der Waals surface area contributed by atoms with E-state index in [9.17, 15) is 0 Å². The van der Waals surface area contributed by atoms with Gasteiger partial charge in [-0.2, -0.15) is 19.7 Å². The smallest absolute Gasteiger partial charge is 0.254 e. The topological polar surface area (TPSA) is 85.8 Å². The van der Waals surface area contributed by atoms with Crippen molar-refractivity contribution >= 4 is 11.6 Å². The molecule has 1 aliphatic heterocycles. The fraction of sp³-hybridized carbons (Fsp3) is 0.562. The lowest BCUT2D eigenvalue weighted by atomic mass is 10.1. The van der Waals surface area contributed by atoms with Crippen LogP contribution >= 0.6 is 0 Å². The van der Waals surface area contributed by atoms with Gasteiger partial charge in [0.2, 0.25) is 0 Å². The quantitative estimate of drug-likeness (QED) is 0.767. The van der Waals surface area contributed by atoms with E-state index >= 15 is 0 Å². The molecule has 1 atom stereocenters. The van der Waals surface area contributed by atoms with E-state index in [-0.39, 0.29) is 0 Å². The van der Waals surface area contributed by atoms with Gasteiger partial charge < -0.3 is 5.32 Å². The lowest BCUT2D eigenvalue weighted by Gasteiger charge is -2.24. The molecule has 1 aliphatic rings. The van der Waals surface area contributed by atoms with Crippen molar-refractivity contribution in [1.29, 1.82) is 0 Å². The Morgan fingerprint density at radius 2 is 2.21 bits per heavy atom. The Balaban J connectivity index is 1.59. The van der Waals surface area contributed by atoms with Crippen molar-refractivity contribution in [2.45, 2.75) is 58.5 Å². The Morgan fingerprint density at radius 1 is 1.29 bits per heavy atom.